The molecule has 0 aromatic carbocycles. The maximum Gasteiger partial charge on any atom is 0.0636 e. The predicted octanol–water partition coefficient (Wildman–Crippen LogP) is -0.662. The molecule has 0 amide bonds. The van der Waals surface area contributed by atoms with Crippen LogP contribution in [0, 0.1) is 0 Å². The van der Waals surface area contributed by atoms with Crippen molar-refractivity contribution in [3.63, 3.8) is 0 Å². The molecule has 1 unspecified atom stereocenters. The van der Waals surface area contributed by atoms with Gasteiger partial charge in [0, 0.05) is 13.1 Å². The summed E-state index contributed by atoms with van der Waals surface area (Å²) in [7, 11) is 0. The van der Waals surface area contributed by atoms with Crippen molar-refractivity contribution in [3.8, 4) is 0 Å². The lowest BCUT2D eigenvalue weighted by Gasteiger charge is -2.07. The Morgan fingerprint density at radius 3 is 1.67 bits per heavy atom. The normalized spacial score (nSPS) is 17.3. The molecule has 0 aliphatic rings. The van der Waals surface area contributed by atoms with Gasteiger partial charge in [0.2, 0.25) is 0 Å². The van der Waals surface area contributed by atoms with Crippen LogP contribution in [0.4, 0.5) is 0 Å². The fourth-order valence-electron chi connectivity index (χ4n) is 0.501. The van der Waals surface area contributed by atoms with Gasteiger partial charge in [-0.25, -0.2) is 0 Å². The zero-order valence-electron chi connectivity index (χ0n) is 5.96. The topological polar surface area (TPSA) is 52.5 Å². The van der Waals surface area contributed by atoms with Crippen LogP contribution in [0.25, 0.3) is 0 Å². The Labute approximate surface area is 55.7 Å². The zero-order chi connectivity index (χ0) is 7.28. The maximum atomic E-state index is 8.72. The molecule has 0 spiro atoms. The Bertz CT molecular complexity index is 56.1. The second kappa shape index (κ2) is 4.73. The van der Waals surface area contributed by atoms with Crippen molar-refractivity contribution in [2.24, 2.45) is 0 Å². The SMILES string of the molecule is CC(O)CNC[C@H](C)O. The van der Waals surface area contributed by atoms with Crippen molar-refractivity contribution in [1.82, 2.24) is 5.32 Å². The second-order valence-corrected chi connectivity index (χ2v) is 2.36. The summed E-state index contributed by atoms with van der Waals surface area (Å²) < 4.78 is 0. The van der Waals surface area contributed by atoms with Gasteiger partial charge in [0.25, 0.3) is 0 Å². The standard InChI is InChI=1S/C6H15NO2/c1-5(8)3-7-4-6(2)9/h5-9H,3-4H2,1-2H3/t5-,6?/m0/s1. The Balaban J connectivity index is 2.91. The Kier molecular flexibility index (Phi) is 4.67. The summed E-state index contributed by atoms with van der Waals surface area (Å²) in [5, 5.41) is 20.3. The monoisotopic (exact) mass is 133 g/mol. The van der Waals surface area contributed by atoms with E-state index in [9.17, 15) is 0 Å². The van der Waals surface area contributed by atoms with Crippen LogP contribution in [-0.4, -0.2) is 35.5 Å². The number of nitrogens with one attached hydrogen (secondary N) is 1. The van der Waals surface area contributed by atoms with Crippen LogP contribution in [-0.2, 0) is 0 Å². The number of hydrogen-bond acceptors (Lipinski definition) is 3. The smallest absolute Gasteiger partial charge is 0.0636 e. The molecule has 0 heterocycles. The molecule has 0 aliphatic carbocycles. The third-order valence-electron chi connectivity index (χ3n) is 0.879. The van der Waals surface area contributed by atoms with Crippen molar-refractivity contribution in [2.75, 3.05) is 13.1 Å². The lowest BCUT2D eigenvalue weighted by molar-refractivity contribution is 0.164. The van der Waals surface area contributed by atoms with E-state index >= 15 is 0 Å². The molecule has 3 nitrogen and oxygen atoms in total. The zero-order valence-corrected chi connectivity index (χ0v) is 5.96. The van der Waals surface area contributed by atoms with E-state index in [1.165, 1.54) is 0 Å². The molecule has 0 saturated carbocycles. The first-order valence-electron chi connectivity index (χ1n) is 3.19. The Hall–Kier alpha value is -0.120. The van der Waals surface area contributed by atoms with E-state index in [1.54, 1.807) is 13.8 Å². The molecular formula is C6H15NO2. The van der Waals surface area contributed by atoms with Crippen LogP contribution in [0.5, 0.6) is 0 Å². The van der Waals surface area contributed by atoms with Gasteiger partial charge in [-0.15, -0.1) is 0 Å². The first-order valence-corrected chi connectivity index (χ1v) is 3.19. The third kappa shape index (κ3) is 7.88. The third-order valence-corrected chi connectivity index (χ3v) is 0.879. The molecule has 3 heteroatoms. The summed E-state index contributed by atoms with van der Waals surface area (Å²) in [6, 6.07) is 0. The second-order valence-electron chi connectivity index (χ2n) is 2.36. The molecule has 3 N–H and O–H groups in total. The lowest BCUT2D eigenvalue weighted by Crippen LogP contribution is -2.30. The highest BCUT2D eigenvalue weighted by Crippen LogP contribution is 1.77. The van der Waals surface area contributed by atoms with E-state index in [2.05, 4.69) is 5.32 Å². The summed E-state index contributed by atoms with van der Waals surface area (Å²) in [6.07, 6.45) is -0.660. The number of aliphatic hydroxyl groups is 2. The van der Waals surface area contributed by atoms with E-state index in [-0.39, 0.29) is 12.2 Å². The molecule has 0 rings (SSSR count). The van der Waals surface area contributed by atoms with Gasteiger partial charge in [-0.2, -0.15) is 0 Å². The molecule has 2 atom stereocenters. The molecule has 0 aromatic rings. The quantitative estimate of drug-likeness (QED) is 0.477. The van der Waals surface area contributed by atoms with Crippen molar-refractivity contribution in [2.45, 2.75) is 26.1 Å². The van der Waals surface area contributed by atoms with Crippen LogP contribution < -0.4 is 5.32 Å². The molecule has 0 saturated heterocycles. The van der Waals surface area contributed by atoms with E-state index in [0.29, 0.717) is 13.1 Å². The first kappa shape index (κ1) is 8.88. The van der Waals surface area contributed by atoms with Gasteiger partial charge in [-0.05, 0) is 13.8 Å². The van der Waals surface area contributed by atoms with Gasteiger partial charge in [0.15, 0.2) is 0 Å². The maximum absolute atomic E-state index is 8.72. The molecule has 0 radical (unpaired) electrons. The van der Waals surface area contributed by atoms with Crippen LogP contribution >= 0.6 is 0 Å². The fourth-order valence-corrected chi connectivity index (χ4v) is 0.501. The summed E-state index contributed by atoms with van der Waals surface area (Å²) in [5.41, 5.74) is 0. The summed E-state index contributed by atoms with van der Waals surface area (Å²) in [4.78, 5) is 0. The predicted molar refractivity (Wildman–Crippen MR) is 36.2 cm³/mol. The van der Waals surface area contributed by atoms with Crippen molar-refractivity contribution in [3.05, 3.63) is 0 Å². The van der Waals surface area contributed by atoms with Crippen LogP contribution in [0.3, 0.4) is 0 Å². The van der Waals surface area contributed by atoms with Crippen LogP contribution in [0.2, 0.25) is 0 Å². The highest BCUT2D eigenvalue weighted by atomic mass is 16.3. The van der Waals surface area contributed by atoms with Gasteiger partial charge < -0.3 is 15.5 Å². The highest BCUT2D eigenvalue weighted by molar-refractivity contribution is 4.55. The number of aliphatic hydroxyl groups excluding tert-OH is 2. The van der Waals surface area contributed by atoms with Gasteiger partial charge in [0.1, 0.15) is 0 Å². The minimum Gasteiger partial charge on any atom is -0.392 e. The molecule has 9 heavy (non-hydrogen) atoms. The van der Waals surface area contributed by atoms with Gasteiger partial charge in [-0.3, -0.25) is 0 Å². The average molecular weight is 133 g/mol. The fraction of sp³-hybridized carbons (Fsp3) is 1.00. The molecule has 0 bridgehead atoms. The van der Waals surface area contributed by atoms with Crippen molar-refractivity contribution in [1.29, 1.82) is 0 Å². The van der Waals surface area contributed by atoms with E-state index < -0.39 is 0 Å². The average Bonchev–Trinajstić information content (AvgIpc) is 1.63. The minimum atomic E-state index is -0.330. The van der Waals surface area contributed by atoms with Gasteiger partial charge in [-0.1, -0.05) is 0 Å². The summed E-state index contributed by atoms with van der Waals surface area (Å²) in [6.45, 7) is 4.50. The van der Waals surface area contributed by atoms with Crippen LogP contribution in [0.15, 0.2) is 0 Å². The van der Waals surface area contributed by atoms with E-state index in [4.69, 9.17) is 10.2 Å². The van der Waals surface area contributed by atoms with E-state index in [0.717, 1.165) is 0 Å². The van der Waals surface area contributed by atoms with Gasteiger partial charge >= 0.3 is 0 Å². The summed E-state index contributed by atoms with van der Waals surface area (Å²) in [5.74, 6) is 0. The van der Waals surface area contributed by atoms with Crippen molar-refractivity contribution < 1.29 is 10.2 Å². The summed E-state index contributed by atoms with van der Waals surface area (Å²) >= 11 is 0. The Morgan fingerprint density at radius 2 is 1.44 bits per heavy atom. The largest absolute Gasteiger partial charge is 0.392 e. The molecule has 0 fully saturated rings. The molecule has 0 aliphatic heterocycles. The van der Waals surface area contributed by atoms with Gasteiger partial charge in [0.05, 0.1) is 12.2 Å². The minimum absolute atomic E-state index is 0.330. The Morgan fingerprint density at radius 1 is 1.11 bits per heavy atom. The highest BCUT2D eigenvalue weighted by Gasteiger charge is 1.96. The number of hydrogen-bond donors (Lipinski definition) is 3. The molecular weight excluding hydrogens is 118 g/mol. The lowest BCUT2D eigenvalue weighted by atomic mass is 10.3. The molecule has 0 aromatic heterocycles. The number of rotatable bonds is 4. The first-order chi connectivity index (χ1) is 4.13. The van der Waals surface area contributed by atoms with Crippen LogP contribution in [0.1, 0.15) is 13.8 Å². The van der Waals surface area contributed by atoms with Crippen molar-refractivity contribution >= 4 is 0 Å². The van der Waals surface area contributed by atoms with E-state index in [1.807, 2.05) is 0 Å². The molecule has 56 valence electrons.